The van der Waals surface area contributed by atoms with Crippen LogP contribution >= 0.6 is 0 Å². The zero-order chi connectivity index (χ0) is 24.4. The Morgan fingerprint density at radius 1 is 0.771 bits per heavy atom. The van der Waals surface area contributed by atoms with E-state index in [1.807, 2.05) is 12.1 Å². The molecule has 3 aromatic carbocycles. The largest absolute Gasteiger partial charge is 0.456 e. The quantitative estimate of drug-likeness (QED) is 0.284. The predicted octanol–water partition coefficient (Wildman–Crippen LogP) is 3.93. The topological polar surface area (TPSA) is 106 Å². The Hall–Kier alpha value is -3.81. The lowest BCUT2D eigenvalue weighted by Gasteiger charge is -2.27. The summed E-state index contributed by atoms with van der Waals surface area (Å²) in [6.07, 6.45) is 2.65. The molecule has 178 valence electrons. The van der Waals surface area contributed by atoms with Gasteiger partial charge in [0.2, 0.25) is 0 Å². The van der Waals surface area contributed by atoms with Crippen LogP contribution in [0, 0.1) is 0 Å². The molecule has 0 saturated carbocycles. The van der Waals surface area contributed by atoms with E-state index in [1.165, 1.54) is 11.0 Å². The summed E-state index contributed by atoms with van der Waals surface area (Å²) in [6, 6.07) is 17.5. The van der Waals surface area contributed by atoms with Gasteiger partial charge in [0.1, 0.15) is 11.3 Å². The number of carbonyl (C=O) groups is 2. The predicted molar refractivity (Wildman–Crippen MR) is 137 cm³/mol. The van der Waals surface area contributed by atoms with Crippen LogP contribution in [0.15, 0.2) is 69.9 Å². The van der Waals surface area contributed by atoms with Crippen LogP contribution < -0.4 is 16.5 Å². The summed E-state index contributed by atoms with van der Waals surface area (Å²) in [7, 11) is 0. The molecule has 0 atom stereocenters. The normalized spacial score (nSPS) is 13.2. The molecule has 5 rings (SSSR count). The number of nitrogens with two attached hydrogens (primary N) is 1. The zero-order valence-electron chi connectivity index (χ0n) is 19.4. The molecule has 3 N–H and O–H groups in total. The molecule has 0 fully saturated rings. The van der Waals surface area contributed by atoms with Crippen LogP contribution in [0.3, 0.4) is 0 Å². The van der Waals surface area contributed by atoms with Gasteiger partial charge in [0, 0.05) is 34.7 Å². The van der Waals surface area contributed by atoms with Crippen LogP contribution in [0.1, 0.15) is 40.0 Å². The second kappa shape index (κ2) is 9.82. The number of nitrogens with one attached hydrogen (secondary N) is 1. The van der Waals surface area contributed by atoms with Crippen molar-refractivity contribution in [3.8, 4) is 11.3 Å². The van der Waals surface area contributed by atoms with Gasteiger partial charge in [-0.2, -0.15) is 0 Å². The highest BCUT2D eigenvalue weighted by Gasteiger charge is 2.33. The molecule has 0 aliphatic carbocycles. The van der Waals surface area contributed by atoms with Crippen LogP contribution in [0.2, 0.25) is 0 Å². The molecule has 0 radical (unpaired) electrons. The summed E-state index contributed by atoms with van der Waals surface area (Å²) >= 11 is 0. The smallest absolute Gasteiger partial charge is 0.261 e. The van der Waals surface area contributed by atoms with E-state index in [0.717, 1.165) is 25.9 Å². The lowest BCUT2D eigenvalue weighted by atomic mass is 9.90. The van der Waals surface area contributed by atoms with E-state index < -0.39 is 0 Å². The van der Waals surface area contributed by atoms with Crippen LogP contribution in [-0.4, -0.2) is 42.9 Å². The van der Waals surface area contributed by atoms with Gasteiger partial charge in [-0.25, -0.2) is 0 Å². The van der Waals surface area contributed by atoms with E-state index in [-0.39, 0.29) is 17.2 Å². The molecular formula is C28H27N3O4. The lowest BCUT2D eigenvalue weighted by molar-refractivity contribution is 0.0609. The second-order valence-electron chi connectivity index (χ2n) is 8.72. The number of hydrogen-bond acceptors (Lipinski definition) is 6. The molecule has 2 heterocycles. The SMILES string of the molecule is NCCCCNCCCN1C(=O)c2cccc3c(-c4cc(=O)c5ccccc5o4)ccc(c23)C1=O. The van der Waals surface area contributed by atoms with E-state index in [0.29, 0.717) is 63.7 Å². The molecule has 2 amide bonds. The van der Waals surface area contributed by atoms with Crippen molar-refractivity contribution in [2.24, 2.45) is 5.73 Å². The van der Waals surface area contributed by atoms with Crippen molar-refractivity contribution in [2.75, 3.05) is 26.2 Å². The van der Waals surface area contributed by atoms with Crippen LogP contribution in [0.4, 0.5) is 0 Å². The number of hydrogen-bond donors (Lipinski definition) is 2. The van der Waals surface area contributed by atoms with Gasteiger partial charge >= 0.3 is 0 Å². The van der Waals surface area contributed by atoms with Crippen LogP contribution in [0.5, 0.6) is 0 Å². The molecule has 7 heteroatoms. The van der Waals surface area contributed by atoms with Crippen molar-refractivity contribution in [1.29, 1.82) is 0 Å². The fraction of sp³-hybridized carbons (Fsp3) is 0.250. The Kier molecular flexibility index (Phi) is 6.44. The molecule has 1 aliphatic rings. The zero-order valence-corrected chi connectivity index (χ0v) is 19.4. The molecule has 7 nitrogen and oxygen atoms in total. The van der Waals surface area contributed by atoms with Crippen LogP contribution in [-0.2, 0) is 0 Å². The van der Waals surface area contributed by atoms with Gasteiger partial charge in [-0.3, -0.25) is 19.3 Å². The summed E-state index contributed by atoms with van der Waals surface area (Å²) in [4.78, 5) is 40.6. The average Bonchev–Trinajstić information content (AvgIpc) is 2.88. The van der Waals surface area contributed by atoms with Crippen molar-refractivity contribution in [1.82, 2.24) is 10.2 Å². The summed E-state index contributed by atoms with van der Waals surface area (Å²) in [6.45, 7) is 2.62. The fourth-order valence-electron chi connectivity index (χ4n) is 4.68. The molecule has 35 heavy (non-hydrogen) atoms. The first-order valence-corrected chi connectivity index (χ1v) is 12.0. The summed E-state index contributed by atoms with van der Waals surface area (Å²) in [5.74, 6) is -0.192. The molecule has 1 aromatic heterocycles. The van der Waals surface area contributed by atoms with E-state index in [9.17, 15) is 14.4 Å². The van der Waals surface area contributed by atoms with E-state index in [1.54, 1.807) is 42.5 Å². The van der Waals surface area contributed by atoms with Gasteiger partial charge in [0.05, 0.1) is 5.39 Å². The minimum absolute atomic E-state index is 0.141. The van der Waals surface area contributed by atoms with Gasteiger partial charge < -0.3 is 15.5 Å². The third-order valence-corrected chi connectivity index (χ3v) is 6.43. The number of rotatable bonds is 9. The fourth-order valence-corrected chi connectivity index (χ4v) is 4.68. The number of unbranched alkanes of at least 4 members (excludes halogenated alkanes) is 1. The Morgan fingerprint density at radius 3 is 2.31 bits per heavy atom. The lowest BCUT2D eigenvalue weighted by Crippen LogP contribution is -2.41. The summed E-state index contributed by atoms with van der Waals surface area (Å²) < 4.78 is 6.05. The van der Waals surface area contributed by atoms with Crippen LogP contribution in [0.25, 0.3) is 33.1 Å². The number of amides is 2. The van der Waals surface area contributed by atoms with Crippen molar-refractivity contribution in [3.05, 3.63) is 82.0 Å². The molecule has 0 saturated heterocycles. The highest BCUT2D eigenvalue weighted by Crippen LogP contribution is 2.36. The highest BCUT2D eigenvalue weighted by atomic mass is 16.3. The van der Waals surface area contributed by atoms with E-state index in [4.69, 9.17) is 10.2 Å². The molecule has 4 aromatic rings. The number of imide groups is 1. The molecule has 0 bridgehead atoms. The van der Waals surface area contributed by atoms with E-state index >= 15 is 0 Å². The first-order chi connectivity index (χ1) is 17.1. The molecular weight excluding hydrogens is 442 g/mol. The molecule has 0 spiro atoms. The third-order valence-electron chi connectivity index (χ3n) is 6.43. The van der Waals surface area contributed by atoms with Gasteiger partial charge in [-0.15, -0.1) is 0 Å². The number of benzene rings is 3. The standard InChI is InChI=1S/C28H27N3O4/c29-13-3-4-14-30-15-6-16-31-27(33)21-9-5-8-19-18(11-12-22(26(19)21)28(31)34)25-17-23(32)20-7-1-2-10-24(20)35-25/h1-2,5,7-12,17,30H,3-4,6,13-16,29H2. The minimum atomic E-state index is -0.298. The van der Waals surface area contributed by atoms with Crippen molar-refractivity contribution >= 4 is 33.6 Å². The summed E-state index contributed by atoms with van der Waals surface area (Å²) in [5.41, 5.74) is 7.50. The second-order valence-corrected chi connectivity index (χ2v) is 8.72. The summed E-state index contributed by atoms with van der Waals surface area (Å²) in [5, 5.41) is 5.15. The van der Waals surface area contributed by atoms with E-state index in [2.05, 4.69) is 5.32 Å². The maximum atomic E-state index is 13.3. The molecule has 0 unspecified atom stereocenters. The average molecular weight is 470 g/mol. The minimum Gasteiger partial charge on any atom is -0.456 e. The number of carbonyl (C=O) groups excluding carboxylic acids is 2. The van der Waals surface area contributed by atoms with Gasteiger partial charge in [-0.1, -0.05) is 24.3 Å². The first-order valence-electron chi connectivity index (χ1n) is 12.0. The Balaban J connectivity index is 1.46. The maximum absolute atomic E-state index is 13.3. The number of para-hydroxylation sites is 1. The third kappa shape index (κ3) is 4.24. The monoisotopic (exact) mass is 469 g/mol. The maximum Gasteiger partial charge on any atom is 0.261 e. The first kappa shape index (κ1) is 23.0. The van der Waals surface area contributed by atoms with Gasteiger partial charge in [0.25, 0.3) is 11.8 Å². The Bertz CT molecular complexity index is 1470. The Morgan fingerprint density at radius 2 is 1.49 bits per heavy atom. The molecule has 1 aliphatic heterocycles. The number of nitrogens with zero attached hydrogens (tertiary/aromatic N) is 1. The van der Waals surface area contributed by atoms with Gasteiger partial charge in [0.15, 0.2) is 5.43 Å². The van der Waals surface area contributed by atoms with Crippen molar-refractivity contribution in [3.63, 3.8) is 0 Å². The number of fused-ring (bicyclic) bond motifs is 1. The highest BCUT2D eigenvalue weighted by molar-refractivity contribution is 6.26. The Labute approximate surface area is 202 Å². The van der Waals surface area contributed by atoms with Gasteiger partial charge in [-0.05, 0) is 74.6 Å². The van der Waals surface area contributed by atoms with Crippen molar-refractivity contribution in [2.45, 2.75) is 19.3 Å². The van der Waals surface area contributed by atoms with Crippen molar-refractivity contribution < 1.29 is 14.0 Å².